The maximum atomic E-state index is 12.2. The van der Waals surface area contributed by atoms with E-state index in [1.165, 1.54) is 10.4 Å². The standard InChI is InChI=1S/C15H17N3OS/c19-15(10-17-9-12-2-1-5-16-8-12)18-6-3-14-13(11-18)4-7-20-14/h1-2,4-5,7-8,17H,3,6,9-11H2. The predicted octanol–water partition coefficient (Wildman–Crippen LogP) is 1.82. The number of pyridine rings is 1. The monoisotopic (exact) mass is 287 g/mol. The second kappa shape index (κ2) is 6.15. The number of amides is 1. The lowest BCUT2D eigenvalue weighted by Gasteiger charge is -2.27. The maximum Gasteiger partial charge on any atom is 0.236 e. The number of nitrogens with one attached hydrogen (secondary N) is 1. The molecule has 3 rings (SSSR count). The van der Waals surface area contributed by atoms with Crippen LogP contribution in [0, 0.1) is 0 Å². The molecular weight excluding hydrogens is 270 g/mol. The number of aromatic nitrogens is 1. The van der Waals surface area contributed by atoms with Gasteiger partial charge in [-0.2, -0.15) is 0 Å². The third-order valence-corrected chi connectivity index (χ3v) is 4.51. The highest BCUT2D eigenvalue weighted by molar-refractivity contribution is 7.10. The molecule has 0 atom stereocenters. The lowest BCUT2D eigenvalue weighted by molar-refractivity contribution is -0.131. The van der Waals surface area contributed by atoms with E-state index in [1.54, 1.807) is 17.5 Å². The van der Waals surface area contributed by atoms with Gasteiger partial charge in [-0.15, -0.1) is 11.3 Å². The third kappa shape index (κ3) is 3.05. The number of hydrogen-bond acceptors (Lipinski definition) is 4. The summed E-state index contributed by atoms with van der Waals surface area (Å²) in [5, 5.41) is 5.30. The molecule has 1 N–H and O–H groups in total. The summed E-state index contributed by atoms with van der Waals surface area (Å²) in [7, 11) is 0. The summed E-state index contributed by atoms with van der Waals surface area (Å²) in [5.41, 5.74) is 2.40. The molecule has 3 heterocycles. The first kappa shape index (κ1) is 13.3. The van der Waals surface area contributed by atoms with Gasteiger partial charge in [0.1, 0.15) is 0 Å². The number of fused-ring (bicyclic) bond motifs is 1. The van der Waals surface area contributed by atoms with Crippen molar-refractivity contribution in [3.8, 4) is 0 Å². The molecule has 104 valence electrons. The quantitative estimate of drug-likeness (QED) is 0.933. The highest BCUT2D eigenvalue weighted by Crippen LogP contribution is 2.23. The van der Waals surface area contributed by atoms with Crippen LogP contribution in [0.5, 0.6) is 0 Å². The van der Waals surface area contributed by atoms with Gasteiger partial charge >= 0.3 is 0 Å². The van der Waals surface area contributed by atoms with Gasteiger partial charge in [-0.25, -0.2) is 0 Å². The molecule has 0 fully saturated rings. The summed E-state index contributed by atoms with van der Waals surface area (Å²) < 4.78 is 0. The van der Waals surface area contributed by atoms with E-state index in [4.69, 9.17) is 0 Å². The number of nitrogens with zero attached hydrogens (tertiary/aromatic N) is 2. The van der Waals surface area contributed by atoms with Gasteiger partial charge in [0.15, 0.2) is 0 Å². The molecule has 0 aliphatic carbocycles. The minimum absolute atomic E-state index is 0.172. The van der Waals surface area contributed by atoms with Crippen LogP contribution in [-0.4, -0.2) is 28.9 Å². The summed E-state index contributed by atoms with van der Waals surface area (Å²) in [6.45, 7) is 2.65. The minimum Gasteiger partial charge on any atom is -0.337 e. The summed E-state index contributed by atoms with van der Waals surface area (Å²) in [5.74, 6) is 0.172. The van der Waals surface area contributed by atoms with Crippen LogP contribution in [0.2, 0.25) is 0 Å². The molecule has 1 aliphatic heterocycles. The Hall–Kier alpha value is -1.72. The Kier molecular flexibility index (Phi) is 4.08. The van der Waals surface area contributed by atoms with Crippen molar-refractivity contribution < 1.29 is 4.79 Å². The highest BCUT2D eigenvalue weighted by Gasteiger charge is 2.20. The van der Waals surface area contributed by atoms with Crippen LogP contribution in [0.3, 0.4) is 0 Å². The van der Waals surface area contributed by atoms with Gasteiger partial charge < -0.3 is 10.2 Å². The molecule has 2 aromatic heterocycles. The molecule has 4 nitrogen and oxygen atoms in total. The van der Waals surface area contributed by atoms with Gasteiger partial charge in [0.25, 0.3) is 0 Å². The third-order valence-electron chi connectivity index (χ3n) is 3.49. The van der Waals surface area contributed by atoms with Crippen molar-refractivity contribution in [2.45, 2.75) is 19.5 Å². The van der Waals surface area contributed by atoms with Gasteiger partial charge in [-0.05, 0) is 35.1 Å². The normalized spacial score (nSPS) is 14.1. The molecule has 0 unspecified atom stereocenters. The van der Waals surface area contributed by atoms with Crippen molar-refractivity contribution in [1.82, 2.24) is 15.2 Å². The van der Waals surface area contributed by atoms with Crippen molar-refractivity contribution >= 4 is 17.2 Å². The maximum absolute atomic E-state index is 12.2. The molecule has 0 spiro atoms. The second-order valence-electron chi connectivity index (χ2n) is 4.90. The number of rotatable bonds is 4. The van der Waals surface area contributed by atoms with Crippen LogP contribution >= 0.6 is 11.3 Å². The second-order valence-corrected chi connectivity index (χ2v) is 5.90. The zero-order chi connectivity index (χ0) is 13.8. The fourth-order valence-electron chi connectivity index (χ4n) is 2.39. The largest absolute Gasteiger partial charge is 0.337 e. The van der Waals surface area contributed by atoms with E-state index in [2.05, 4.69) is 21.7 Å². The molecular formula is C15H17N3OS. The molecule has 20 heavy (non-hydrogen) atoms. The number of carbonyl (C=O) groups is 1. The van der Waals surface area contributed by atoms with Crippen molar-refractivity contribution in [3.05, 3.63) is 52.0 Å². The molecule has 0 bridgehead atoms. The molecule has 1 aliphatic rings. The minimum atomic E-state index is 0.172. The van der Waals surface area contributed by atoms with Crippen LogP contribution in [0.25, 0.3) is 0 Å². The fourth-order valence-corrected chi connectivity index (χ4v) is 3.28. The summed E-state index contributed by atoms with van der Waals surface area (Å²) >= 11 is 1.79. The Bertz CT molecular complexity index is 582. The van der Waals surface area contributed by atoms with E-state index in [1.807, 2.05) is 23.2 Å². The first-order valence-corrected chi connectivity index (χ1v) is 7.63. The number of hydrogen-bond donors (Lipinski definition) is 1. The van der Waals surface area contributed by atoms with Crippen LogP contribution in [0.1, 0.15) is 16.0 Å². The van der Waals surface area contributed by atoms with Crippen molar-refractivity contribution in [1.29, 1.82) is 0 Å². The molecule has 1 amide bonds. The predicted molar refractivity (Wildman–Crippen MR) is 79.4 cm³/mol. The zero-order valence-corrected chi connectivity index (χ0v) is 12.0. The van der Waals surface area contributed by atoms with Gasteiger partial charge in [0.2, 0.25) is 5.91 Å². The number of carbonyl (C=O) groups excluding carboxylic acids is 1. The fraction of sp³-hybridized carbons (Fsp3) is 0.333. The van der Waals surface area contributed by atoms with E-state index < -0.39 is 0 Å². The van der Waals surface area contributed by atoms with E-state index in [0.717, 1.165) is 25.1 Å². The molecule has 0 aromatic carbocycles. The van der Waals surface area contributed by atoms with Gasteiger partial charge in [0, 0.05) is 36.9 Å². The van der Waals surface area contributed by atoms with Crippen molar-refractivity contribution in [3.63, 3.8) is 0 Å². The van der Waals surface area contributed by atoms with E-state index in [-0.39, 0.29) is 5.91 Å². The number of thiophene rings is 1. The Morgan fingerprint density at radius 2 is 2.40 bits per heavy atom. The summed E-state index contributed by atoms with van der Waals surface area (Å²) in [6, 6.07) is 6.03. The highest BCUT2D eigenvalue weighted by atomic mass is 32.1. The first-order chi connectivity index (χ1) is 9.83. The molecule has 0 radical (unpaired) electrons. The molecule has 2 aromatic rings. The molecule has 5 heteroatoms. The van der Waals surface area contributed by atoms with Gasteiger partial charge in [-0.1, -0.05) is 6.07 Å². The van der Waals surface area contributed by atoms with Crippen molar-refractivity contribution in [2.75, 3.05) is 13.1 Å². The Morgan fingerprint density at radius 3 is 3.25 bits per heavy atom. The topological polar surface area (TPSA) is 45.2 Å². The van der Waals surface area contributed by atoms with E-state index in [0.29, 0.717) is 13.1 Å². The average molecular weight is 287 g/mol. The first-order valence-electron chi connectivity index (χ1n) is 6.75. The lowest BCUT2D eigenvalue weighted by Crippen LogP contribution is -2.40. The summed E-state index contributed by atoms with van der Waals surface area (Å²) in [4.78, 5) is 19.6. The average Bonchev–Trinajstić information content (AvgIpc) is 2.95. The van der Waals surface area contributed by atoms with Crippen LogP contribution < -0.4 is 5.32 Å². The summed E-state index contributed by atoms with van der Waals surface area (Å²) in [6.07, 6.45) is 4.55. The van der Waals surface area contributed by atoms with Crippen LogP contribution in [0.15, 0.2) is 36.0 Å². The lowest BCUT2D eigenvalue weighted by atomic mass is 10.1. The van der Waals surface area contributed by atoms with Crippen LogP contribution in [0.4, 0.5) is 0 Å². The Morgan fingerprint density at radius 1 is 1.45 bits per heavy atom. The SMILES string of the molecule is O=C(CNCc1cccnc1)N1CCc2sccc2C1. The van der Waals surface area contributed by atoms with E-state index in [9.17, 15) is 4.79 Å². The Labute approximate surface area is 122 Å². The Balaban J connectivity index is 1.48. The van der Waals surface area contributed by atoms with Gasteiger partial charge in [0.05, 0.1) is 6.54 Å². The van der Waals surface area contributed by atoms with Crippen LogP contribution in [-0.2, 0) is 24.3 Å². The van der Waals surface area contributed by atoms with E-state index >= 15 is 0 Å². The van der Waals surface area contributed by atoms with Gasteiger partial charge in [-0.3, -0.25) is 9.78 Å². The van der Waals surface area contributed by atoms with Crippen molar-refractivity contribution in [2.24, 2.45) is 0 Å². The molecule has 0 saturated heterocycles. The zero-order valence-electron chi connectivity index (χ0n) is 11.2. The smallest absolute Gasteiger partial charge is 0.236 e. The molecule has 0 saturated carbocycles.